The molecule has 8 nitrogen and oxygen atoms in total. The van der Waals surface area contributed by atoms with E-state index in [0.717, 1.165) is 5.56 Å². The van der Waals surface area contributed by atoms with Gasteiger partial charge in [0.05, 0.1) is 24.7 Å². The number of carbonyl (C=O) groups is 2. The monoisotopic (exact) mass is 489 g/mol. The van der Waals surface area contributed by atoms with Crippen LogP contribution in [0.4, 0.5) is 4.39 Å². The summed E-state index contributed by atoms with van der Waals surface area (Å²) >= 11 is 0. The van der Waals surface area contributed by atoms with Gasteiger partial charge in [0.15, 0.2) is 0 Å². The fourth-order valence-corrected chi connectivity index (χ4v) is 4.75. The number of sulfonamides is 1. The predicted molar refractivity (Wildman–Crippen MR) is 126 cm³/mol. The third-order valence-corrected chi connectivity index (χ3v) is 7.25. The maximum Gasteiger partial charge on any atom is 0.247 e. The first-order chi connectivity index (χ1) is 16.3. The van der Waals surface area contributed by atoms with Crippen LogP contribution >= 0.6 is 0 Å². The van der Waals surface area contributed by atoms with Crippen molar-refractivity contribution < 1.29 is 27.1 Å². The molecule has 0 aliphatic carbocycles. The predicted octanol–water partition coefficient (Wildman–Crippen LogP) is 2.02. The van der Waals surface area contributed by atoms with Crippen molar-refractivity contribution in [1.82, 2.24) is 14.5 Å². The summed E-state index contributed by atoms with van der Waals surface area (Å²) in [5.41, 5.74) is 1.41. The summed E-state index contributed by atoms with van der Waals surface area (Å²) < 4.78 is 44.9. The zero-order chi connectivity index (χ0) is 24.6. The van der Waals surface area contributed by atoms with Crippen LogP contribution in [-0.2, 0) is 30.9 Å². The Bertz CT molecular complexity index is 1110. The van der Waals surface area contributed by atoms with Crippen molar-refractivity contribution in [3.8, 4) is 0 Å². The first-order valence-corrected chi connectivity index (χ1v) is 12.4. The molecular formula is C24H28FN3O5S. The summed E-state index contributed by atoms with van der Waals surface area (Å²) in [5.74, 6) is -1.02. The van der Waals surface area contributed by atoms with Gasteiger partial charge in [-0.2, -0.15) is 4.31 Å². The van der Waals surface area contributed by atoms with Crippen LogP contribution in [0.1, 0.15) is 18.1 Å². The molecule has 1 aliphatic rings. The second-order valence-corrected chi connectivity index (χ2v) is 9.61. The van der Waals surface area contributed by atoms with Crippen molar-refractivity contribution in [3.63, 3.8) is 0 Å². The lowest BCUT2D eigenvalue weighted by Gasteiger charge is -2.26. The van der Waals surface area contributed by atoms with E-state index < -0.39 is 10.0 Å². The van der Waals surface area contributed by atoms with Gasteiger partial charge in [-0.15, -0.1) is 0 Å². The Morgan fingerprint density at radius 2 is 1.74 bits per heavy atom. The Morgan fingerprint density at radius 1 is 1.09 bits per heavy atom. The number of nitrogens with one attached hydrogen (secondary N) is 1. The van der Waals surface area contributed by atoms with Crippen LogP contribution in [0, 0.1) is 5.82 Å². The Morgan fingerprint density at radius 3 is 2.35 bits per heavy atom. The van der Waals surface area contributed by atoms with E-state index in [0.29, 0.717) is 38.4 Å². The third-order valence-electron chi connectivity index (χ3n) is 5.34. The summed E-state index contributed by atoms with van der Waals surface area (Å²) in [5, 5.41) is 2.71. The first-order valence-electron chi connectivity index (χ1n) is 11.0. The molecule has 2 amide bonds. The summed E-state index contributed by atoms with van der Waals surface area (Å²) in [4.78, 5) is 26.3. The van der Waals surface area contributed by atoms with E-state index in [1.54, 1.807) is 37.3 Å². The number of nitrogens with zero attached hydrogens (tertiary/aromatic N) is 2. The lowest BCUT2D eigenvalue weighted by atomic mass is 10.2. The Labute approximate surface area is 199 Å². The van der Waals surface area contributed by atoms with Gasteiger partial charge in [-0.1, -0.05) is 24.3 Å². The maximum absolute atomic E-state index is 13.0. The normalized spacial score (nSPS) is 14.8. The molecule has 2 aromatic rings. The minimum absolute atomic E-state index is 0.113. The van der Waals surface area contributed by atoms with Crippen LogP contribution < -0.4 is 5.32 Å². The second-order valence-electron chi connectivity index (χ2n) is 7.67. The smallest absolute Gasteiger partial charge is 0.247 e. The molecule has 1 fully saturated rings. The molecule has 1 heterocycles. The van der Waals surface area contributed by atoms with Crippen LogP contribution in [0.5, 0.6) is 0 Å². The highest BCUT2D eigenvalue weighted by Gasteiger charge is 2.26. The minimum Gasteiger partial charge on any atom is -0.379 e. The van der Waals surface area contributed by atoms with Crippen molar-refractivity contribution in [2.24, 2.45) is 0 Å². The zero-order valence-corrected chi connectivity index (χ0v) is 19.8. The largest absolute Gasteiger partial charge is 0.379 e. The van der Waals surface area contributed by atoms with Gasteiger partial charge in [0.2, 0.25) is 21.8 Å². The summed E-state index contributed by atoms with van der Waals surface area (Å²) in [6, 6.07) is 12.1. The quantitative estimate of drug-likeness (QED) is 0.544. The number of likely N-dealkylation sites (N-methyl/N-ethyl adjacent to an activating group) is 1. The van der Waals surface area contributed by atoms with Crippen molar-refractivity contribution in [2.75, 3.05) is 39.4 Å². The fourth-order valence-electron chi connectivity index (χ4n) is 3.34. The van der Waals surface area contributed by atoms with Gasteiger partial charge in [-0.3, -0.25) is 9.59 Å². The van der Waals surface area contributed by atoms with Gasteiger partial charge in [0, 0.05) is 32.3 Å². The summed E-state index contributed by atoms with van der Waals surface area (Å²) in [6.07, 6.45) is 2.93. The number of rotatable bonds is 9. The number of hydrogen-bond donors (Lipinski definition) is 1. The van der Waals surface area contributed by atoms with Crippen molar-refractivity contribution in [2.45, 2.75) is 18.4 Å². The van der Waals surface area contributed by atoms with E-state index in [-0.39, 0.29) is 35.6 Å². The molecule has 1 N–H and O–H groups in total. The van der Waals surface area contributed by atoms with Gasteiger partial charge in [-0.05, 0) is 48.4 Å². The molecule has 0 bridgehead atoms. The molecule has 2 aromatic carbocycles. The highest BCUT2D eigenvalue weighted by molar-refractivity contribution is 7.89. The third kappa shape index (κ3) is 6.96. The average molecular weight is 490 g/mol. The Hall–Kier alpha value is -3.08. The van der Waals surface area contributed by atoms with Crippen molar-refractivity contribution >= 4 is 27.9 Å². The topological polar surface area (TPSA) is 96.0 Å². The van der Waals surface area contributed by atoms with Crippen LogP contribution in [-0.4, -0.2) is 68.8 Å². The van der Waals surface area contributed by atoms with Gasteiger partial charge < -0.3 is 15.0 Å². The number of carbonyl (C=O) groups excluding carboxylic acids is 2. The number of benzene rings is 2. The zero-order valence-electron chi connectivity index (χ0n) is 18.9. The van der Waals surface area contributed by atoms with E-state index in [1.807, 2.05) is 0 Å². The molecule has 0 unspecified atom stereocenters. The first kappa shape index (κ1) is 25.5. The molecule has 182 valence electrons. The molecule has 3 rings (SSSR count). The van der Waals surface area contributed by atoms with Crippen molar-refractivity contribution in [1.29, 1.82) is 0 Å². The van der Waals surface area contributed by atoms with Gasteiger partial charge in [0.25, 0.3) is 0 Å². The van der Waals surface area contributed by atoms with Gasteiger partial charge >= 0.3 is 0 Å². The SMILES string of the molecule is CCN(CC(=O)NCc1ccc(F)cc1)C(=O)/C=C/c1ccc(S(=O)(=O)N2CCOCC2)cc1. The molecule has 0 aromatic heterocycles. The fraction of sp³-hybridized carbons (Fsp3) is 0.333. The second kappa shape index (κ2) is 11.9. The Kier molecular flexibility index (Phi) is 8.91. The van der Waals surface area contributed by atoms with Crippen LogP contribution in [0.3, 0.4) is 0 Å². The van der Waals surface area contributed by atoms with E-state index in [1.165, 1.54) is 39.5 Å². The molecule has 34 heavy (non-hydrogen) atoms. The lowest BCUT2D eigenvalue weighted by Crippen LogP contribution is -2.40. The van der Waals surface area contributed by atoms with E-state index >= 15 is 0 Å². The molecule has 0 radical (unpaired) electrons. The molecule has 1 aliphatic heterocycles. The van der Waals surface area contributed by atoms with Gasteiger partial charge in [-0.25, -0.2) is 12.8 Å². The molecule has 0 spiro atoms. The highest BCUT2D eigenvalue weighted by Crippen LogP contribution is 2.18. The van der Waals surface area contributed by atoms with Crippen LogP contribution in [0.2, 0.25) is 0 Å². The van der Waals surface area contributed by atoms with E-state index in [2.05, 4.69) is 5.32 Å². The number of halogens is 1. The minimum atomic E-state index is -3.58. The van der Waals surface area contributed by atoms with Crippen LogP contribution in [0.25, 0.3) is 6.08 Å². The standard InChI is InChI=1S/C24H28FN3O5S/c1-2-27(18-23(29)26-17-20-3-8-21(25)9-4-20)24(30)12-7-19-5-10-22(11-6-19)34(31,32)28-13-15-33-16-14-28/h3-12H,2,13-18H2,1H3,(H,26,29)/b12-7+. The molecule has 0 atom stereocenters. The van der Waals surface area contributed by atoms with Gasteiger partial charge in [0.1, 0.15) is 5.82 Å². The molecule has 0 saturated carbocycles. The average Bonchev–Trinajstić information content (AvgIpc) is 2.86. The molecule has 1 saturated heterocycles. The molecule has 10 heteroatoms. The number of hydrogen-bond acceptors (Lipinski definition) is 5. The summed E-state index contributed by atoms with van der Waals surface area (Å²) in [7, 11) is -3.58. The summed E-state index contributed by atoms with van der Waals surface area (Å²) in [6.45, 7) is 3.62. The highest BCUT2D eigenvalue weighted by atomic mass is 32.2. The Balaban J connectivity index is 1.54. The lowest BCUT2D eigenvalue weighted by molar-refractivity contribution is -0.132. The molecular weight excluding hydrogens is 461 g/mol. The van der Waals surface area contributed by atoms with E-state index in [9.17, 15) is 22.4 Å². The number of morpholine rings is 1. The number of amides is 2. The maximum atomic E-state index is 13.0. The van der Waals surface area contributed by atoms with E-state index in [4.69, 9.17) is 4.74 Å². The van der Waals surface area contributed by atoms with Crippen molar-refractivity contribution in [3.05, 3.63) is 71.6 Å². The number of ether oxygens (including phenoxy) is 1. The van der Waals surface area contributed by atoms with Crippen LogP contribution in [0.15, 0.2) is 59.5 Å².